The summed E-state index contributed by atoms with van der Waals surface area (Å²) in [4.78, 5) is 15.1. The molecule has 106 valence electrons. The molecule has 5 nitrogen and oxygen atoms in total. The molecule has 1 N–H and O–H groups in total. The van der Waals surface area contributed by atoms with E-state index in [1.807, 2.05) is 55.5 Å². The van der Waals surface area contributed by atoms with Crippen molar-refractivity contribution in [2.75, 3.05) is 24.3 Å². The molecule has 1 aromatic carbocycles. The number of pyridine rings is 1. The number of nitrogens with zero attached hydrogens (tertiary/aromatic N) is 4. The summed E-state index contributed by atoms with van der Waals surface area (Å²) in [7, 11) is 3.95. The second-order valence-corrected chi connectivity index (χ2v) is 5.73. The molecule has 3 rings (SSSR count). The minimum absolute atomic E-state index is 0.698. The maximum absolute atomic E-state index is 4.48. The summed E-state index contributed by atoms with van der Waals surface area (Å²) in [5.41, 5.74) is 3.52. The lowest BCUT2D eigenvalue weighted by atomic mass is 10.3. The predicted octanol–water partition coefficient (Wildman–Crippen LogP) is 3.60. The van der Waals surface area contributed by atoms with Crippen LogP contribution in [0.25, 0.3) is 11.0 Å². The Balaban J connectivity index is 2.03. The standard InChI is InChI=1S/C15H14BrN5/c1-21(2)12-7-13-14(17-8-12)15(19-9-18-13)20-11-5-3-4-10(16)6-11/h3-9H,1-2H3,(H,18,19,20). The predicted molar refractivity (Wildman–Crippen MR) is 89.1 cm³/mol. The van der Waals surface area contributed by atoms with Crippen LogP contribution in [0.2, 0.25) is 0 Å². The van der Waals surface area contributed by atoms with Crippen LogP contribution in [0.3, 0.4) is 0 Å². The second kappa shape index (κ2) is 5.65. The molecule has 0 spiro atoms. The molecule has 0 radical (unpaired) electrons. The highest BCUT2D eigenvalue weighted by atomic mass is 79.9. The topological polar surface area (TPSA) is 53.9 Å². The maximum atomic E-state index is 4.48. The van der Waals surface area contributed by atoms with Gasteiger partial charge in [-0.3, -0.25) is 0 Å². The minimum atomic E-state index is 0.698. The van der Waals surface area contributed by atoms with E-state index in [2.05, 4.69) is 36.2 Å². The minimum Gasteiger partial charge on any atom is -0.376 e. The highest BCUT2D eigenvalue weighted by Gasteiger charge is 2.07. The van der Waals surface area contributed by atoms with Gasteiger partial charge in [-0.1, -0.05) is 22.0 Å². The molecule has 3 aromatic rings. The number of aromatic nitrogens is 3. The molecular weight excluding hydrogens is 330 g/mol. The summed E-state index contributed by atoms with van der Waals surface area (Å²) < 4.78 is 1.01. The molecule has 0 aliphatic heterocycles. The van der Waals surface area contributed by atoms with Crippen molar-refractivity contribution in [2.45, 2.75) is 0 Å². The van der Waals surface area contributed by atoms with Crippen LogP contribution in [0.4, 0.5) is 17.2 Å². The monoisotopic (exact) mass is 343 g/mol. The SMILES string of the molecule is CN(C)c1cnc2c(Nc3cccc(Br)c3)ncnc2c1. The van der Waals surface area contributed by atoms with Gasteiger partial charge in [-0.15, -0.1) is 0 Å². The molecule has 2 heterocycles. The lowest BCUT2D eigenvalue weighted by Gasteiger charge is -2.13. The van der Waals surface area contributed by atoms with Gasteiger partial charge in [-0.05, 0) is 24.3 Å². The van der Waals surface area contributed by atoms with Gasteiger partial charge in [0.2, 0.25) is 0 Å². The van der Waals surface area contributed by atoms with Crippen LogP contribution in [0.1, 0.15) is 0 Å². The van der Waals surface area contributed by atoms with Crippen LogP contribution < -0.4 is 10.2 Å². The lowest BCUT2D eigenvalue weighted by Crippen LogP contribution is -2.09. The first-order valence-corrected chi connectivity index (χ1v) is 7.23. The third-order valence-corrected chi connectivity index (χ3v) is 3.56. The van der Waals surface area contributed by atoms with E-state index in [0.717, 1.165) is 26.9 Å². The smallest absolute Gasteiger partial charge is 0.160 e. The molecule has 6 heteroatoms. The van der Waals surface area contributed by atoms with Crippen LogP contribution in [-0.2, 0) is 0 Å². The highest BCUT2D eigenvalue weighted by Crippen LogP contribution is 2.25. The Morgan fingerprint density at radius 2 is 1.95 bits per heavy atom. The quantitative estimate of drug-likeness (QED) is 0.787. The van der Waals surface area contributed by atoms with Gasteiger partial charge in [0, 0.05) is 24.3 Å². The molecule has 0 atom stereocenters. The van der Waals surface area contributed by atoms with Gasteiger partial charge in [0.25, 0.3) is 0 Å². The van der Waals surface area contributed by atoms with E-state index in [1.165, 1.54) is 0 Å². The first kappa shape index (κ1) is 13.8. The molecule has 0 aliphatic carbocycles. The fourth-order valence-corrected chi connectivity index (χ4v) is 2.37. The van der Waals surface area contributed by atoms with E-state index in [-0.39, 0.29) is 0 Å². The van der Waals surface area contributed by atoms with Gasteiger partial charge in [-0.2, -0.15) is 0 Å². The van der Waals surface area contributed by atoms with Crippen molar-refractivity contribution in [1.82, 2.24) is 15.0 Å². The summed E-state index contributed by atoms with van der Waals surface area (Å²) in [6.07, 6.45) is 3.36. The molecule has 0 saturated heterocycles. The fraction of sp³-hybridized carbons (Fsp3) is 0.133. The van der Waals surface area contributed by atoms with Crippen molar-refractivity contribution in [3.63, 3.8) is 0 Å². The molecule has 2 aromatic heterocycles. The lowest BCUT2D eigenvalue weighted by molar-refractivity contribution is 1.11. The van der Waals surface area contributed by atoms with Gasteiger partial charge in [0.15, 0.2) is 5.82 Å². The molecule has 0 saturated carbocycles. The van der Waals surface area contributed by atoms with Crippen LogP contribution in [-0.4, -0.2) is 29.0 Å². The van der Waals surface area contributed by atoms with Crippen LogP contribution in [0.15, 0.2) is 47.3 Å². The zero-order valence-electron chi connectivity index (χ0n) is 11.7. The number of anilines is 3. The third kappa shape index (κ3) is 2.95. The van der Waals surface area contributed by atoms with Crippen LogP contribution in [0, 0.1) is 0 Å². The zero-order chi connectivity index (χ0) is 14.8. The number of hydrogen-bond acceptors (Lipinski definition) is 5. The van der Waals surface area contributed by atoms with Gasteiger partial charge in [-0.25, -0.2) is 15.0 Å². The molecule has 21 heavy (non-hydrogen) atoms. The summed E-state index contributed by atoms with van der Waals surface area (Å²) in [5.74, 6) is 0.698. The number of rotatable bonds is 3. The maximum Gasteiger partial charge on any atom is 0.160 e. The first-order valence-electron chi connectivity index (χ1n) is 6.44. The largest absolute Gasteiger partial charge is 0.376 e. The van der Waals surface area contributed by atoms with E-state index in [9.17, 15) is 0 Å². The Bertz CT molecular complexity index is 788. The van der Waals surface area contributed by atoms with Crippen molar-refractivity contribution >= 4 is 44.2 Å². The first-order chi connectivity index (χ1) is 10.1. The van der Waals surface area contributed by atoms with Crippen molar-refractivity contribution in [3.8, 4) is 0 Å². The summed E-state index contributed by atoms with van der Waals surface area (Å²) in [6, 6.07) is 9.91. The number of hydrogen-bond donors (Lipinski definition) is 1. The van der Waals surface area contributed by atoms with E-state index < -0.39 is 0 Å². The third-order valence-electron chi connectivity index (χ3n) is 3.06. The van der Waals surface area contributed by atoms with Crippen molar-refractivity contribution in [1.29, 1.82) is 0 Å². The van der Waals surface area contributed by atoms with Gasteiger partial charge in [0.05, 0.1) is 17.4 Å². The average molecular weight is 344 g/mol. The number of fused-ring (bicyclic) bond motifs is 1. The van der Waals surface area contributed by atoms with Crippen LogP contribution in [0.5, 0.6) is 0 Å². The van der Waals surface area contributed by atoms with Gasteiger partial charge < -0.3 is 10.2 Å². The number of benzene rings is 1. The molecule has 0 fully saturated rings. The Hall–Kier alpha value is -2.21. The summed E-state index contributed by atoms with van der Waals surface area (Å²) in [5, 5.41) is 3.28. The zero-order valence-corrected chi connectivity index (χ0v) is 13.3. The molecule has 0 bridgehead atoms. The summed E-state index contributed by atoms with van der Waals surface area (Å²) >= 11 is 3.46. The van der Waals surface area contributed by atoms with E-state index in [0.29, 0.717) is 5.82 Å². The van der Waals surface area contributed by atoms with Gasteiger partial charge in [0.1, 0.15) is 11.8 Å². The Kier molecular flexibility index (Phi) is 3.70. The van der Waals surface area contributed by atoms with E-state index in [1.54, 1.807) is 6.33 Å². The summed E-state index contributed by atoms with van der Waals surface area (Å²) in [6.45, 7) is 0. The normalized spacial score (nSPS) is 10.6. The van der Waals surface area contributed by atoms with Crippen LogP contribution >= 0.6 is 15.9 Å². The number of nitrogens with one attached hydrogen (secondary N) is 1. The number of halogens is 1. The van der Waals surface area contributed by atoms with E-state index in [4.69, 9.17) is 0 Å². The molecule has 0 amide bonds. The van der Waals surface area contributed by atoms with Crippen molar-refractivity contribution < 1.29 is 0 Å². The van der Waals surface area contributed by atoms with Gasteiger partial charge >= 0.3 is 0 Å². The Morgan fingerprint density at radius 3 is 2.71 bits per heavy atom. The Morgan fingerprint density at radius 1 is 1.10 bits per heavy atom. The fourth-order valence-electron chi connectivity index (χ4n) is 1.97. The molecule has 0 aliphatic rings. The highest BCUT2D eigenvalue weighted by molar-refractivity contribution is 9.10. The Labute approximate surface area is 131 Å². The van der Waals surface area contributed by atoms with Crippen molar-refractivity contribution in [3.05, 3.63) is 47.3 Å². The van der Waals surface area contributed by atoms with E-state index >= 15 is 0 Å². The average Bonchev–Trinajstić information content (AvgIpc) is 2.47. The van der Waals surface area contributed by atoms with Crippen molar-refractivity contribution in [2.24, 2.45) is 0 Å². The molecule has 0 unspecified atom stereocenters. The second-order valence-electron chi connectivity index (χ2n) is 4.81. The molecular formula is C15H14BrN5.